The Morgan fingerprint density at radius 3 is 2.25 bits per heavy atom. The van der Waals surface area contributed by atoms with Gasteiger partial charge in [0.25, 0.3) is 5.69 Å². The molecular formula is C22H22Cl2KNO6. The Hall–Kier alpha value is -1.26. The van der Waals surface area contributed by atoms with Gasteiger partial charge < -0.3 is 11.3 Å². The maximum Gasteiger partial charge on any atom is 1.00 e. The number of aromatic carboxylic acids is 1. The van der Waals surface area contributed by atoms with Crippen molar-refractivity contribution in [2.75, 3.05) is 0 Å². The molecule has 2 aromatic rings. The second-order valence-corrected chi connectivity index (χ2v) is 8.54. The third-order valence-electron chi connectivity index (χ3n) is 4.08. The first-order chi connectivity index (χ1) is 14.4. The average Bonchev–Trinajstić information content (AvgIpc) is 2.64. The minimum absolute atomic E-state index is 0. The molecule has 2 aromatic carbocycles. The smallest absolute Gasteiger partial charge is 1.00 e. The van der Waals surface area contributed by atoms with Gasteiger partial charge in [-0.2, -0.15) is 0 Å². The van der Waals surface area contributed by atoms with E-state index in [-0.39, 0.29) is 82.0 Å². The first-order valence-electron chi connectivity index (χ1n) is 9.27. The van der Waals surface area contributed by atoms with E-state index < -0.39 is 16.5 Å². The van der Waals surface area contributed by atoms with Gasteiger partial charge in [-0.1, -0.05) is 29.3 Å². The van der Waals surface area contributed by atoms with E-state index in [4.69, 9.17) is 33.0 Å². The standard InChI is InChI=1S/C22H21Cl2NO6.K.H/c1-22(2,3)31-20(26)9-4-13-10-17(23)16(18(24)11-13)8-7-14-5-6-15(21(27)28)12-19(14)25(29)30;;/h5-8,10-12H,4,9H2,1-3H3,(H,27,28);;/q;+1;-1. The number of halogens is 2. The first kappa shape index (κ1) is 28.8. The van der Waals surface area contributed by atoms with Gasteiger partial charge in [-0.3, -0.25) is 14.9 Å². The SMILES string of the molecule is CC(C)(C)OC(=O)CCc1cc(Cl)c(C=Cc2ccc(C(=O)O)cc2[N+](=O)[O-])c(Cl)c1.[H-].[K+]. The third kappa shape index (κ3) is 8.59. The fourth-order valence-corrected chi connectivity index (χ4v) is 3.39. The Kier molecular flexibility index (Phi) is 11.0. The molecule has 166 valence electrons. The number of ether oxygens (including phenoxy) is 1. The minimum atomic E-state index is -1.26. The monoisotopic (exact) mass is 505 g/mol. The van der Waals surface area contributed by atoms with Crippen LogP contribution in [0.25, 0.3) is 12.2 Å². The number of benzene rings is 2. The van der Waals surface area contributed by atoms with Crippen LogP contribution in [0.5, 0.6) is 0 Å². The molecule has 0 aliphatic carbocycles. The van der Waals surface area contributed by atoms with Crippen molar-refractivity contribution in [3.8, 4) is 0 Å². The van der Waals surface area contributed by atoms with Crippen molar-refractivity contribution in [3.63, 3.8) is 0 Å². The maximum atomic E-state index is 11.9. The van der Waals surface area contributed by atoms with Crippen LogP contribution in [-0.4, -0.2) is 27.6 Å². The van der Waals surface area contributed by atoms with Gasteiger partial charge in [-0.15, -0.1) is 0 Å². The van der Waals surface area contributed by atoms with Crippen molar-refractivity contribution >= 4 is 53.0 Å². The van der Waals surface area contributed by atoms with Crippen LogP contribution in [0.4, 0.5) is 5.69 Å². The topological polar surface area (TPSA) is 107 Å². The van der Waals surface area contributed by atoms with E-state index in [1.165, 1.54) is 24.3 Å². The van der Waals surface area contributed by atoms with Crippen LogP contribution in [0, 0.1) is 10.1 Å². The van der Waals surface area contributed by atoms with Crippen LogP contribution in [0.15, 0.2) is 30.3 Å². The molecule has 7 nitrogen and oxygen atoms in total. The Labute approximate surface area is 239 Å². The van der Waals surface area contributed by atoms with Crippen LogP contribution >= 0.6 is 23.2 Å². The van der Waals surface area contributed by atoms with Gasteiger partial charge >= 0.3 is 63.3 Å². The van der Waals surface area contributed by atoms with Gasteiger partial charge in [0.2, 0.25) is 0 Å². The Bertz CT molecular complexity index is 1050. The number of aryl methyl sites for hydroxylation is 1. The van der Waals surface area contributed by atoms with Gasteiger partial charge in [-0.25, -0.2) is 4.79 Å². The van der Waals surface area contributed by atoms with E-state index in [0.717, 1.165) is 11.6 Å². The van der Waals surface area contributed by atoms with Crippen LogP contribution in [-0.2, 0) is 16.0 Å². The summed E-state index contributed by atoms with van der Waals surface area (Å²) in [6.07, 6.45) is 3.52. The number of carbonyl (C=O) groups is 2. The molecule has 32 heavy (non-hydrogen) atoms. The summed E-state index contributed by atoms with van der Waals surface area (Å²) in [6.45, 7) is 5.37. The molecular weight excluding hydrogens is 484 g/mol. The number of hydrogen-bond acceptors (Lipinski definition) is 5. The van der Waals surface area contributed by atoms with Crippen LogP contribution in [0.2, 0.25) is 10.0 Å². The molecule has 0 unspecified atom stereocenters. The minimum Gasteiger partial charge on any atom is -1.00 e. The summed E-state index contributed by atoms with van der Waals surface area (Å²) >= 11 is 12.7. The van der Waals surface area contributed by atoms with Crippen LogP contribution in [0.3, 0.4) is 0 Å². The zero-order chi connectivity index (χ0) is 23.3. The molecule has 0 aliphatic rings. The molecule has 0 saturated carbocycles. The summed E-state index contributed by atoms with van der Waals surface area (Å²) in [5, 5.41) is 20.9. The van der Waals surface area contributed by atoms with E-state index in [2.05, 4.69) is 0 Å². The second-order valence-electron chi connectivity index (χ2n) is 7.73. The number of carbonyl (C=O) groups excluding carboxylic acids is 1. The second kappa shape index (κ2) is 12.3. The summed E-state index contributed by atoms with van der Waals surface area (Å²) in [6, 6.07) is 6.94. The molecule has 0 bridgehead atoms. The summed E-state index contributed by atoms with van der Waals surface area (Å²) in [5.41, 5.74) is 0.297. The summed E-state index contributed by atoms with van der Waals surface area (Å²) in [5.74, 6) is -1.59. The summed E-state index contributed by atoms with van der Waals surface area (Å²) in [4.78, 5) is 33.6. The molecule has 0 amide bonds. The van der Waals surface area contributed by atoms with Crippen molar-refractivity contribution in [1.29, 1.82) is 0 Å². The van der Waals surface area contributed by atoms with E-state index in [9.17, 15) is 19.7 Å². The normalized spacial score (nSPS) is 11.2. The molecule has 0 atom stereocenters. The zero-order valence-electron chi connectivity index (χ0n) is 19.1. The number of nitrogens with zero attached hydrogens (tertiary/aromatic N) is 1. The van der Waals surface area contributed by atoms with Crippen LogP contribution < -0.4 is 51.4 Å². The number of rotatable bonds is 7. The third-order valence-corrected chi connectivity index (χ3v) is 4.71. The van der Waals surface area contributed by atoms with Crippen molar-refractivity contribution < 1.29 is 77.2 Å². The number of nitro benzene ring substituents is 1. The van der Waals surface area contributed by atoms with Crippen molar-refractivity contribution in [2.45, 2.75) is 39.2 Å². The maximum absolute atomic E-state index is 11.9. The number of carboxylic acid groups (broad SMARTS) is 1. The van der Waals surface area contributed by atoms with E-state index in [0.29, 0.717) is 22.0 Å². The number of esters is 1. The first-order valence-corrected chi connectivity index (χ1v) is 10.0. The summed E-state index contributed by atoms with van der Waals surface area (Å²) in [7, 11) is 0. The van der Waals surface area contributed by atoms with Gasteiger partial charge in [0.05, 0.1) is 16.1 Å². The number of carboxylic acids is 1. The molecule has 0 heterocycles. The predicted molar refractivity (Wildman–Crippen MR) is 121 cm³/mol. The Morgan fingerprint density at radius 1 is 1.16 bits per heavy atom. The Morgan fingerprint density at radius 2 is 1.75 bits per heavy atom. The van der Waals surface area contributed by atoms with Crippen molar-refractivity contribution in [1.82, 2.24) is 0 Å². The van der Waals surface area contributed by atoms with Crippen molar-refractivity contribution in [3.05, 3.63) is 72.7 Å². The predicted octanol–water partition coefficient (Wildman–Crippen LogP) is 3.16. The van der Waals surface area contributed by atoms with Gasteiger partial charge in [0, 0.05) is 28.1 Å². The Balaban J connectivity index is 0.00000512. The fraction of sp³-hybridized carbons (Fsp3) is 0.273. The largest absolute Gasteiger partial charge is 1.00 e. The number of hydrogen-bond donors (Lipinski definition) is 1. The average molecular weight is 506 g/mol. The number of nitro groups is 1. The van der Waals surface area contributed by atoms with E-state index in [1.807, 2.05) is 0 Å². The molecule has 0 saturated heterocycles. The van der Waals surface area contributed by atoms with Gasteiger partial charge in [0.15, 0.2) is 0 Å². The fourth-order valence-electron chi connectivity index (χ4n) is 2.73. The van der Waals surface area contributed by atoms with Crippen LogP contribution in [0.1, 0.15) is 55.7 Å². The van der Waals surface area contributed by atoms with E-state index >= 15 is 0 Å². The molecule has 0 fully saturated rings. The zero-order valence-corrected chi connectivity index (χ0v) is 22.8. The van der Waals surface area contributed by atoms with Gasteiger partial charge in [0.1, 0.15) is 5.60 Å². The van der Waals surface area contributed by atoms with E-state index in [1.54, 1.807) is 32.9 Å². The molecule has 0 radical (unpaired) electrons. The molecule has 0 spiro atoms. The summed E-state index contributed by atoms with van der Waals surface area (Å²) < 4.78 is 5.28. The molecule has 0 aliphatic heterocycles. The molecule has 10 heteroatoms. The van der Waals surface area contributed by atoms with Crippen molar-refractivity contribution in [2.24, 2.45) is 0 Å². The molecule has 1 N–H and O–H groups in total. The molecule has 2 rings (SSSR count). The van der Waals surface area contributed by atoms with Gasteiger partial charge in [-0.05, 0) is 63.1 Å². The molecule has 0 aromatic heterocycles. The quantitative estimate of drug-likeness (QED) is 0.203.